The fourth-order valence-electron chi connectivity index (χ4n) is 4.67. The number of rotatable bonds is 6. The number of fused-ring (bicyclic) bond motifs is 1. The molecule has 1 aromatic rings. The predicted octanol–water partition coefficient (Wildman–Crippen LogP) is 2.48. The molecule has 3 aliphatic heterocycles. The first-order valence-corrected chi connectivity index (χ1v) is 9.11. The van der Waals surface area contributed by atoms with Gasteiger partial charge in [0.1, 0.15) is 11.5 Å². The van der Waals surface area contributed by atoms with Crippen molar-refractivity contribution in [3.63, 3.8) is 0 Å². The van der Waals surface area contributed by atoms with Gasteiger partial charge in [-0.3, -0.25) is 9.59 Å². The third kappa shape index (κ3) is 2.34. The van der Waals surface area contributed by atoms with Gasteiger partial charge in [-0.1, -0.05) is 48.6 Å². The van der Waals surface area contributed by atoms with Crippen LogP contribution in [0.25, 0.3) is 0 Å². The average Bonchev–Trinajstić information content (AvgIpc) is 3.27. The molecule has 0 aromatic heterocycles. The maximum absolute atomic E-state index is 13.4. The molecule has 0 saturated carbocycles. The summed E-state index contributed by atoms with van der Waals surface area (Å²) < 4.78 is 11.5. The van der Waals surface area contributed by atoms with Gasteiger partial charge in [0.2, 0.25) is 5.91 Å². The molecule has 5 nitrogen and oxygen atoms in total. The molecule has 0 radical (unpaired) electrons. The molecule has 136 valence electrons. The zero-order valence-corrected chi connectivity index (χ0v) is 14.8. The molecule has 0 N–H and O–H groups in total. The minimum Gasteiger partial charge on any atom is -0.466 e. The van der Waals surface area contributed by atoms with Crippen LogP contribution in [0, 0.1) is 11.8 Å². The van der Waals surface area contributed by atoms with Gasteiger partial charge in [-0.05, 0) is 18.9 Å². The number of likely N-dealkylation sites (tertiary alicyclic amines) is 1. The first-order valence-electron chi connectivity index (χ1n) is 9.11. The topological polar surface area (TPSA) is 55.8 Å². The van der Waals surface area contributed by atoms with E-state index in [1.54, 1.807) is 6.92 Å². The zero-order valence-electron chi connectivity index (χ0n) is 14.8. The second kappa shape index (κ2) is 6.40. The summed E-state index contributed by atoms with van der Waals surface area (Å²) in [6, 6.07) is 9.70. The van der Waals surface area contributed by atoms with Crippen molar-refractivity contribution >= 4 is 11.9 Å². The molecule has 0 aliphatic carbocycles. The number of carbonyl (C=O) groups is 2. The molecule has 26 heavy (non-hydrogen) atoms. The normalized spacial score (nSPS) is 34.2. The molecule has 5 atom stereocenters. The number of ether oxygens (including phenoxy) is 2. The molecular formula is C21H23NO4. The van der Waals surface area contributed by atoms with Crippen LogP contribution in [0.2, 0.25) is 0 Å². The van der Waals surface area contributed by atoms with Gasteiger partial charge in [0.15, 0.2) is 0 Å². The summed E-state index contributed by atoms with van der Waals surface area (Å²) in [7, 11) is 0. The van der Waals surface area contributed by atoms with Crippen LogP contribution in [0.4, 0.5) is 0 Å². The fraction of sp³-hybridized carbons (Fsp3) is 0.429. The van der Waals surface area contributed by atoms with Crippen LogP contribution in [0.15, 0.2) is 55.1 Å². The van der Waals surface area contributed by atoms with Crippen molar-refractivity contribution in [1.29, 1.82) is 0 Å². The number of carbonyl (C=O) groups excluding carboxylic acids is 2. The van der Waals surface area contributed by atoms with Crippen molar-refractivity contribution in [2.45, 2.75) is 37.6 Å². The Kier molecular flexibility index (Phi) is 4.19. The highest BCUT2D eigenvalue weighted by atomic mass is 16.6. The molecule has 0 unspecified atom stereocenters. The van der Waals surface area contributed by atoms with E-state index < -0.39 is 17.4 Å². The number of nitrogens with zero attached hydrogens (tertiary/aromatic N) is 1. The lowest BCUT2D eigenvalue weighted by Gasteiger charge is -2.32. The number of amides is 1. The van der Waals surface area contributed by atoms with Crippen molar-refractivity contribution in [2.75, 3.05) is 6.61 Å². The minimum absolute atomic E-state index is 0.0365. The lowest BCUT2D eigenvalue weighted by atomic mass is 9.74. The Bertz CT molecular complexity index is 759. The maximum Gasteiger partial charge on any atom is 0.312 e. The number of esters is 1. The van der Waals surface area contributed by atoms with Crippen molar-refractivity contribution in [3.05, 3.63) is 60.7 Å². The standard InChI is InChI=1S/C21H23NO4/c1-3-8-16-21-12-11-15(26-21)17(20(24)25-4-2)18(21)19(23)22(16)13-14-9-6-5-7-10-14/h3,5-7,9-12,15-18H,1,4,8,13H2,2H3/t15-,16+,17-,18+,21-/m0/s1. The van der Waals surface area contributed by atoms with Crippen LogP contribution in [0.1, 0.15) is 18.9 Å². The van der Waals surface area contributed by atoms with Crippen LogP contribution in [-0.2, 0) is 25.6 Å². The molecule has 2 saturated heterocycles. The van der Waals surface area contributed by atoms with E-state index in [4.69, 9.17) is 9.47 Å². The zero-order chi connectivity index (χ0) is 18.3. The monoisotopic (exact) mass is 353 g/mol. The highest BCUT2D eigenvalue weighted by molar-refractivity contribution is 5.92. The van der Waals surface area contributed by atoms with E-state index in [0.717, 1.165) is 5.56 Å². The van der Waals surface area contributed by atoms with Gasteiger partial charge in [0.05, 0.1) is 24.7 Å². The third-order valence-electron chi connectivity index (χ3n) is 5.68. The molecule has 1 amide bonds. The van der Waals surface area contributed by atoms with E-state index in [0.29, 0.717) is 19.6 Å². The maximum atomic E-state index is 13.4. The summed E-state index contributed by atoms with van der Waals surface area (Å²) >= 11 is 0. The highest BCUT2D eigenvalue weighted by Crippen LogP contribution is 2.56. The van der Waals surface area contributed by atoms with Gasteiger partial charge in [-0.25, -0.2) is 0 Å². The quantitative estimate of drug-likeness (QED) is 0.582. The molecule has 3 aliphatic rings. The summed E-state index contributed by atoms with van der Waals surface area (Å²) in [4.78, 5) is 27.7. The van der Waals surface area contributed by atoms with Gasteiger partial charge >= 0.3 is 5.97 Å². The smallest absolute Gasteiger partial charge is 0.312 e. The van der Waals surface area contributed by atoms with Gasteiger partial charge in [-0.15, -0.1) is 6.58 Å². The number of hydrogen-bond donors (Lipinski definition) is 0. The summed E-state index contributed by atoms with van der Waals surface area (Å²) in [6.07, 6.45) is 5.94. The molecule has 5 heteroatoms. The highest BCUT2D eigenvalue weighted by Gasteiger charge is 2.70. The summed E-state index contributed by atoms with van der Waals surface area (Å²) in [6.45, 7) is 6.42. The van der Waals surface area contributed by atoms with Crippen LogP contribution in [0.5, 0.6) is 0 Å². The molecule has 3 heterocycles. The van der Waals surface area contributed by atoms with E-state index in [1.807, 2.05) is 53.5 Å². The van der Waals surface area contributed by atoms with Gasteiger partial charge in [0, 0.05) is 6.54 Å². The minimum atomic E-state index is -0.762. The van der Waals surface area contributed by atoms with Gasteiger partial charge < -0.3 is 14.4 Å². The Hall–Kier alpha value is -2.40. The lowest BCUT2D eigenvalue weighted by Crippen LogP contribution is -2.44. The Morgan fingerprint density at radius 1 is 1.38 bits per heavy atom. The average molecular weight is 353 g/mol. The second-order valence-corrected chi connectivity index (χ2v) is 7.04. The molecule has 1 aromatic carbocycles. The molecule has 2 bridgehead atoms. The summed E-state index contributed by atoms with van der Waals surface area (Å²) in [5.74, 6) is -1.47. The van der Waals surface area contributed by atoms with Crippen LogP contribution in [0.3, 0.4) is 0 Å². The largest absolute Gasteiger partial charge is 0.466 e. The molecule has 4 rings (SSSR count). The molecule has 1 spiro atoms. The summed E-state index contributed by atoms with van der Waals surface area (Å²) in [5.41, 5.74) is 0.291. The number of hydrogen-bond acceptors (Lipinski definition) is 4. The van der Waals surface area contributed by atoms with E-state index in [2.05, 4.69) is 6.58 Å². The Balaban J connectivity index is 1.70. The molecule has 2 fully saturated rings. The van der Waals surface area contributed by atoms with E-state index >= 15 is 0 Å². The van der Waals surface area contributed by atoms with Crippen molar-refractivity contribution < 1.29 is 19.1 Å². The third-order valence-corrected chi connectivity index (χ3v) is 5.68. The van der Waals surface area contributed by atoms with Gasteiger partial charge in [0.25, 0.3) is 0 Å². The van der Waals surface area contributed by atoms with Crippen molar-refractivity contribution in [1.82, 2.24) is 4.90 Å². The summed E-state index contributed by atoms with van der Waals surface area (Å²) in [5, 5.41) is 0. The van der Waals surface area contributed by atoms with E-state index in [1.165, 1.54) is 0 Å². The fourth-order valence-corrected chi connectivity index (χ4v) is 4.67. The number of benzene rings is 1. The van der Waals surface area contributed by atoms with E-state index in [9.17, 15) is 9.59 Å². The second-order valence-electron chi connectivity index (χ2n) is 7.04. The molecular weight excluding hydrogens is 330 g/mol. The first kappa shape index (κ1) is 17.0. The van der Waals surface area contributed by atoms with Crippen LogP contribution < -0.4 is 0 Å². The predicted molar refractivity (Wildman–Crippen MR) is 96.0 cm³/mol. The van der Waals surface area contributed by atoms with E-state index in [-0.39, 0.29) is 24.0 Å². The Morgan fingerprint density at radius 3 is 2.85 bits per heavy atom. The van der Waals surface area contributed by atoms with Crippen molar-refractivity contribution in [3.8, 4) is 0 Å². The lowest BCUT2D eigenvalue weighted by molar-refractivity contribution is -0.153. The van der Waals surface area contributed by atoms with Crippen LogP contribution >= 0.6 is 0 Å². The SMILES string of the molecule is C=CC[C@H]1N(Cc2ccccc2)C(=O)[C@H]2[C@@H](C(=O)OCC)[C@@H]3C=C[C@@]21O3. The first-order chi connectivity index (χ1) is 12.6. The van der Waals surface area contributed by atoms with Crippen molar-refractivity contribution in [2.24, 2.45) is 11.8 Å². The van der Waals surface area contributed by atoms with Gasteiger partial charge in [-0.2, -0.15) is 0 Å². The van der Waals surface area contributed by atoms with Crippen LogP contribution in [-0.4, -0.2) is 41.1 Å². The Morgan fingerprint density at radius 2 is 2.15 bits per heavy atom. The Labute approximate surface area is 153 Å².